The van der Waals surface area contributed by atoms with Gasteiger partial charge >= 0.3 is 0 Å². The summed E-state index contributed by atoms with van der Waals surface area (Å²) in [7, 11) is 1.57. The SMILES string of the molecule is COc1ccc(N2C(=O)c3cccc4c(Br)ccc(c34)C2=O)cc1. The lowest BCUT2D eigenvalue weighted by atomic mass is 9.94. The summed E-state index contributed by atoms with van der Waals surface area (Å²) in [5.74, 6) is 0.0322. The number of methoxy groups -OCH3 is 1. The average Bonchev–Trinajstić information content (AvgIpc) is 2.61. The summed E-state index contributed by atoms with van der Waals surface area (Å²) in [4.78, 5) is 27.1. The fourth-order valence-corrected chi connectivity index (χ4v) is 3.49. The number of ether oxygens (including phenoxy) is 1. The van der Waals surface area contributed by atoms with Gasteiger partial charge in [0.05, 0.1) is 12.8 Å². The molecule has 1 aliphatic rings. The van der Waals surface area contributed by atoms with E-state index in [0.717, 1.165) is 9.86 Å². The molecule has 24 heavy (non-hydrogen) atoms. The van der Waals surface area contributed by atoms with Crippen molar-refractivity contribution in [2.24, 2.45) is 0 Å². The second kappa shape index (κ2) is 5.46. The van der Waals surface area contributed by atoms with Crippen molar-refractivity contribution in [2.45, 2.75) is 0 Å². The Labute approximate surface area is 146 Å². The van der Waals surface area contributed by atoms with Crippen LogP contribution in [-0.4, -0.2) is 18.9 Å². The van der Waals surface area contributed by atoms with Crippen LogP contribution in [0.2, 0.25) is 0 Å². The molecule has 0 atom stereocenters. The van der Waals surface area contributed by atoms with Crippen molar-refractivity contribution >= 4 is 44.2 Å². The number of carbonyl (C=O) groups is 2. The second-order valence-corrected chi connectivity index (χ2v) is 6.32. The van der Waals surface area contributed by atoms with Gasteiger partial charge in [0.15, 0.2) is 0 Å². The van der Waals surface area contributed by atoms with E-state index in [1.807, 2.05) is 18.2 Å². The minimum Gasteiger partial charge on any atom is -0.497 e. The highest BCUT2D eigenvalue weighted by atomic mass is 79.9. The van der Waals surface area contributed by atoms with Crippen LogP contribution in [-0.2, 0) is 0 Å². The molecule has 4 nitrogen and oxygen atoms in total. The van der Waals surface area contributed by atoms with E-state index in [-0.39, 0.29) is 11.8 Å². The molecule has 4 rings (SSSR count). The maximum atomic E-state index is 12.9. The van der Waals surface area contributed by atoms with Crippen molar-refractivity contribution < 1.29 is 14.3 Å². The number of rotatable bonds is 2. The summed E-state index contributed by atoms with van der Waals surface area (Å²) in [6.07, 6.45) is 0. The lowest BCUT2D eigenvalue weighted by molar-refractivity contribution is 0.0893. The van der Waals surface area contributed by atoms with Gasteiger partial charge in [-0.1, -0.05) is 28.1 Å². The first kappa shape index (κ1) is 14.9. The maximum Gasteiger partial charge on any atom is 0.265 e. The van der Waals surface area contributed by atoms with Crippen LogP contribution in [0.4, 0.5) is 5.69 Å². The van der Waals surface area contributed by atoms with Crippen LogP contribution >= 0.6 is 15.9 Å². The van der Waals surface area contributed by atoms with Crippen molar-refractivity contribution in [3.05, 3.63) is 70.2 Å². The molecule has 0 unspecified atom stereocenters. The normalized spacial score (nSPS) is 13.5. The molecule has 0 fully saturated rings. The molecule has 0 radical (unpaired) electrons. The maximum absolute atomic E-state index is 12.9. The summed E-state index contributed by atoms with van der Waals surface area (Å²) < 4.78 is 6.00. The highest BCUT2D eigenvalue weighted by molar-refractivity contribution is 9.10. The van der Waals surface area contributed by atoms with Crippen LogP contribution in [0.25, 0.3) is 10.8 Å². The van der Waals surface area contributed by atoms with Crippen molar-refractivity contribution in [2.75, 3.05) is 12.0 Å². The Hall–Kier alpha value is -2.66. The van der Waals surface area contributed by atoms with Gasteiger partial charge < -0.3 is 4.74 Å². The summed E-state index contributed by atoms with van der Waals surface area (Å²) in [5.41, 5.74) is 1.58. The third-order valence-corrected chi connectivity index (χ3v) is 4.88. The van der Waals surface area contributed by atoms with Crippen LogP contribution in [0.5, 0.6) is 5.75 Å². The van der Waals surface area contributed by atoms with E-state index in [9.17, 15) is 9.59 Å². The van der Waals surface area contributed by atoms with Gasteiger partial charge in [-0.3, -0.25) is 9.59 Å². The highest BCUT2D eigenvalue weighted by Crippen LogP contribution is 2.36. The van der Waals surface area contributed by atoms with Gasteiger partial charge in [-0.05, 0) is 47.9 Å². The molecule has 0 aliphatic carbocycles. The molecule has 0 bridgehead atoms. The van der Waals surface area contributed by atoms with E-state index in [0.29, 0.717) is 28.0 Å². The minimum atomic E-state index is -0.318. The van der Waals surface area contributed by atoms with Gasteiger partial charge in [0.25, 0.3) is 11.8 Å². The summed E-state index contributed by atoms with van der Waals surface area (Å²) in [5, 5.41) is 1.56. The second-order valence-electron chi connectivity index (χ2n) is 5.47. The third-order valence-electron chi connectivity index (χ3n) is 4.19. The molecule has 3 aromatic carbocycles. The van der Waals surface area contributed by atoms with Gasteiger partial charge in [0.1, 0.15) is 5.75 Å². The number of imide groups is 1. The molecule has 118 valence electrons. The van der Waals surface area contributed by atoms with E-state index in [2.05, 4.69) is 15.9 Å². The molecule has 5 heteroatoms. The average molecular weight is 382 g/mol. The molecular formula is C19H12BrNO3. The smallest absolute Gasteiger partial charge is 0.265 e. The molecule has 2 amide bonds. The zero-order valence-electron chi connectivity index (χ0n) is 12.7. The third kappa shape index (κ3) is 2.05. The first-order chi connectivity index (χ1) is 11.6. The topological polar surface area (TPSA) is 46.6 Å². The number of benzene rings is 3. The highest BCUT2D eigenvalue weighted by Gasteiger charge is 2.34. The monoisotopic (exact) mass is 381 g/mol. The van der Waals surface area contributed by atoms with Gasteiger partial charge in [-0.25, -0.2) is 4.90 Å². The first-order valence-corrected chi connectivity index (χ1v) is 8.15. The minimum absolute atomic E-state index is 0.318. The van der Waals surface area contributed by atoms with Crippen LogP contribution in [0.3, 0.4) is 0 Å². The van der Waals surface area contributed by atoms with Gasteiger partial charge in [0.2, 0.25) is 0 Å². The Kier molecular flexibility index (Phi) is 3.39. The van der Waals surface area contributed by atoms with Crippen LogP contribution < -0.4 is 9.64 Å². The molecule has 0 aromatic heterocycles. The lowest BCUT2D eigenvalue weighted by Gasteiger charge is -2.27. The Morgan fingerprint density at radius 1 is 0.875 bits per heavy atom. The van der Waals surface area contributed by atoms with E-state index < -0.39 is 0 Å². The van der Waals surface area contributed by atoms with Crippen LogP contribution in [0.1, 0.15) is 20.7 Å². The number of nitrogens with zero attached hydrogens (tertiary/aromatic N) is 1. The Balaban J connectivity index is 1.93. The number of anilines is 1. The molecule has 1 heterocycles. The Bertz CT molecular complexity index is 973. The first-order valence-electron chi connectivity index (χ1n) is 7.36. The Morgan fingerprint density at radius 3 is 2.21 bits per heavy atom. The van der Waals surface area contributed by atoms with E-state index in [1.165, 1.54) is 4.90 Å². The summed E-state index contributed by atoms with van der Waals surface area (Å²) in [6, 6.07) is 15.9. The predicted molar refractivity (Wildman–Crippen MR) is 95.8 cm³/mol. The Morgan fingerprint density at radius 2 is 1.54 bits per heavy atom. The molecule has 0 saturated carbocycles. The van der Waals surface area contributed by atoms with Crippen molar-refractivity contribution in [3.63, 3.8) is 0 Å². The lowest BCUT2D eigenvalue weighted by Crippen LogP contribution is -2.40. The van der Waals surface area contributed by atoms with E-state index in [4.69, 9.17) is 4.74 Å². The van der Waals surface area contributed by atoms with Crippen molar-refractivity contribution in [3.8, 4) is 5.75 Å². The quantitative estimate of drug-likeness (QED) is 0.617. The molecular weight excluding hydrogens is 370 g/mol. The molecule has 0 saturated heterocycles. The van der Waals surface area contributed by atoms with E-state index in [1.54, 1.807) is 43.5 Å². The van der Waals surface area contributed by atoms with Gasteiger partial charge in [0, 0.05) is 21.0 Å². The fraction of sp³-hybridized carbons (Fsp3) is 0.0526. The van der Waals surface area contributed by atoms with E-state index >= 15 is 0 Å². The molecule has 3 aromatic rings. The molecule has 0 N–H and O–H groups in total. The zero-order chi connectivity index (χ0) is 16.8. The number of amides is 2. The summed E-state index contributed by atoms with van der Waals surface area (Å²) in [6.45, 7) is 0. The largest absolute Gasteiger partial charge is 0.497 e. The number of hydrogen-bond acceptors (Lipinski definition) is 3. The van der Waals surface area contributed by atoms with Crippen LogP contribution in [0.15, 0.2) is 59.1 Å². The van der Waals surface area contributed by atoms with Gasteiger partial charge in [-0.15, -0.1) is 0 Å². The van der Waals surface area contributed by atoms with Crippen molar-refractivity contribution in [1.82, 2.24) is 0 Å². The standard InChI is InChI=1S/C19H12BrNO3/c1-24-12-7-5-11(6-8-12)21-18(22)14-4-2-3-13-16(20)10-9-15(17(13)14)19(21)23/h2-10H,1H3. The number of carbonyl (C=O) groups excluding carboxylic acids is 2. The fourth-order valence-electron chi connectivity index (χ4n) is 3.03. The van der Waals surface area contributed by atoms with Crippen LogP contribution in [0, 0.1) is 0 Å². The summed E-state index contributed by atoms with van der Waals surface area (Å²) >= 11 is 3.48. The zero-order valence-corrected chi connectivity index (χ0v) is 14.3. The molecule has 0 spiro atoms. The number of hydrogen-bond donors (Lipinski definition) is 0. The van der Waals surface area contributed by atoms with Crippen molar-refractivity contribution in [1.29, 1.82) is 0 Å². The predicted octanol–water partition coefficient (Wildman–Crippen LogP) is 4.41. The number of halogens is 1. The van der Waals surface area contributed by atoms with Gasteiger partial charge in [-0.2, -0.15) is 0 Å². The molecule has 1 aliphatic heterocycles.